The average Bonchev–Trinajstić information content (AvgIpc) is 2.58. The Morgan fingerprint density at radius 1 is 1.30 bits per heavy atom. The van der Waals surface area contributed by atoms with Crippen molar-refractivity contribution < 1.29 is 24.4 Å². The number of rotatable bonds is 4. The highest BCUT2D eigenvalue weighted by molar-refractivity contribution is 6.09. The zero-order chi connectivity index (χ0) is 22.4. The molecule has 30 heavy (non-hydrogen) atoms. The molecule has 3 rings (SSSR count). The van der Waals surface area contributed by atoms with Gasteiger partial charge in [0.05, 0.1) is 11.0 Å². The number of hydrogen-bond donors (Lipinski definition) is 0. The molecule has 160 valence electrons. The lowest BCUT2D eigenvalue weighted by Gasteiger charge is -2.39. The number of hydrogen-bond acceptors (Lipinski definition) is 7. The number of Topliss-reactive ketones (excluding diaryl/α,β-unsaturated/α-hetero) is 1. The SMILES string of the molecule is CC1=NC2=C(C(=O)CC(C)(C)C2)[C@@H](c2ccc([O-])c([N+](=O)[O-])c2)C1C(=O)OC(C)C. The van der Waals surface area contributed by atoms with Crippen molar-refractivity contribution in [3.05, 3.63) is 45.1 Å². The summed E-state index contributed by atoms with van der Waals surface area (Å²) in [6, 6.07) is 3.72. The molecule has 0 N–H and O–H groups in total. The standard InChI is InChI=1S/C22H26N2O6/c1-11(2)30-21(27)18-12(3)23-14-9-22(4,5)10-17(26)20(14)19(18)13-6-7-16(25)15(8-13)24(28)29/h6-8,11,18-19,25H,9-10H2,1-5H3/p-1/t18?,19-/m0/s1. The van der Waals surface area contributed by atoms with E-state index < -0.39 is 34.2 Å². The summed E-state index contributed by atoms with van der Waals surface area (Å²) in [7, 11) is 0. The molecule has 1 aromatic carbocycles. The molecule has 1 unspecified atom stereocenters. The van der Waals surface area contributed by atoms with E-state index in [1.165, 1.54) is 12.1 Å². The van der Waals surface area contributed by atoms with Gasteiger partial charge in [0.2, 0.25) is 0 Å². The van der Waals surface area contributed by atoms with Crippen LogP contribution in [-0.2, 0) is 14.3 Å². The molecule has 0 aromatic heterocycles. The number of nitro groups is 1. The molecule has 0 radical (unpaired) electrons. The van der Waals surface area contributed by atoms with Crippen molar-refractivity contribution in [2.24, 2.45) is 16.3 Å². The van der Waals surface area contributed by atoms with E-state index in [-0.39, 0.29) is 23.7 Å². The van der Waals surface area contributed by atoms with Crippen LogP contribution >= 0.6 is 0 Å². The Kier molecular flexibility index (Phi) is 5.54. The van der Waals surface area contributed by atoms with Gasteiger partial charge in [-0.2, -0.15) is 0 Å². The summed E-state index contributed by atoms with van der Waals surface area (Å²) in [6.07, 6.45) is 0.459. The van der Waals surface area contributed by atoms with Gasteiger partial charge in [0.1, 0.15) is 5.92 Å². The number of benzene rings is 1. The van der Waals surface area contributed by atoms with E-state index in [2.05, 4.69) is 4.99 Å². The fraction of sp³-hybridized carbons (Fsp3) is 0.500. The normalized spacial score (nSPS) is 23.1. The van der Waals surface area contributed by atoms with Gasteiger partial charge < -0.3 is 9.84 Å². The number of aliphatic imine (C=N–C) groups is 1. The fourth-order valence-electron chi connectivity index (χ4n) is 4.29. The molecule has 1 aliphatic heterocycles. The van der Waals surface area contributed by atoms with E-state index in [9.17, 15) is 24.8 Å². The first-order valence-electron chi connectivity index (χ1n) is 9.88. The lowest BCUT2D eigenvalue weighted by molar-refractivity contribution is -0.398. The minimum atomic E-state index is -0.895. The first-order valence-corrected chi connectivity index (χ1v) is 9.88. The van der Waals surface area contributed by atoms with Crippen LogP contribution in [0.1, 0.15) is 58.9 Å². The van der Waals surface area contributed by atoms with E-state index in [0.29, 0.717) is 29.0 Å². The Balaban J connectivity index is 2.22. The Bertz CT molecular complexity index is 989. The Morgan fingerprint density at radius 3 is 2.57 bits per heavy atom. The van der Waals surface area contributed by atoms with Gasteiger partial charge in [-0.1, -0.05) is 26.0 Å². The van der Waals surface area contributed by atoms with Crippen LogP contribution in [0.15, 0.2) is 34.5 Å². The molecule has 0 spiro atoms. The van der Waals surface area contributed by atoms with Gasteiger partial charge >= 0.3 is 5.97 Å². The van der Waals surface area contributed by atoms with E-state index in [0.717, 1.165) is 6.07 Å². The zero-order valence-corrected chi connectivity index (χ0v) is 17.7. The molecular weight excluding hydrogens is 388 g/mol. The van der Waals surface area contributed by atoms with Gasteiger partial charge in [-0.25, -0.2) is 0 Å². The second-order valence-corrected chi connectivity index (χ2v) is 8.98. The van der Waals surface area contributed by atoms with Crippen LogP contribution in [0.4, 0.5) is 5.69 Å². The number of nitro benzene ring substituents is 1. The molecule has 1 aromatic rings. The lowest BCUT2D eigenvalue weighted by atomic mass is 9.67. The van der Waals surface area contributed by atoms with Gasteiger partial charge in [-0.3, -0.25) is 24.7 Å². The second-order valence-electron chi connectivity index (χ2n) is 8.98. The summed E-state index contributed by atoms with van der Waals surface area (Å²) in [5.41, 5.74) is 0.972. The first-order chi connectivity index (χ1) is 13.9. The predicted octanol–water partition coefficient (Wildman–Crippen LogP) is 3.44. The smallest absolute Gasteiger partial charge is 0.315 e. The minimum absolute atomic E-state index is 0.140. The topological polar surface area (TPSA) is 122 Å². The van der Waals surface area contributed by atoms with Crippen molar-refractivity contribution in [2.75, 3.05) is 0 Å². The molecule has 2 atom stereocenters. The van der Waals surface area contributed by atoms with Crippen molar-refractivity contribution in [2.45, 2.75) is 59.5 Å². The monoisotopic (exact) mass is 413 g/mol. The lowest BCUT2D eigenvalue weighted by Crippen LogP contribution is -2.40. The van der Waals surface area contributed by atoms with Gasteiger partial charge in [-0.05, 0) is 43.9 Å². The summed E-state index contributed by atoms with van der Waals surface area (Å²) in [6.45, 7) is 9.09. The fourth-order valence-corrected chi connectivity index (χ4v) is 4.29. The van der Waals surface area contributed by atoms with Crippen molar-refractivity contribution >= 4 is 23.2 Å². The van der Waals surface area contributed by atoms with Crippen LogP contribution < -0.4 is 5.11 Å². The van der Waals surface area contributed by atoms with Crippen LogP contribution in [-0.4, -0.2) is 28.5 Å². The molecule has 0 fully saturated rings. The zero-order valence-electron chi connectivity index (χ0n) is 17.7. The maximum atomic E-state index is 13.1. The van der Waals surface area contributed by atoms with Gasteiger partial charge in [0.15, 0.2) is 5.78 Å². The van der Waals surface area contributed by atoms with Gasteiger partial charge in [0, 0.05) is 35.4 Å². The van der Waals surface area contributed by atoms with Crippen molar-refractivity contribution in [3.8, 4) is 5.75 Å². The largest absolute Gasteiger partial charge is 0.868 e. The predicted molar refractivity (Wildman–Crippen MR) is 108 cm³/mol. The molecule has 0 saturated heterocycles. The van der Waals surface area contributed by atoms with Crippen molar-refractivity contribution in [3.63, 3.8) is 0 Å². The number of ketones is 1. The third-order valence-electron chi connectivity index (χ3n) is 5.45. The van der Waals surface area contributed by atoms with Crippen LogP contribution in [0.5, 0.6) is 5.75 Å². The quantitative estimate of drug-likeness (QED) is 0.423. The Morgan fingerprint density at radius 2 is 1.97 bits per heavy atom. The van der Waals surface area contributed by atoms with E-state index >= 15 is 0 Å². The molecule has 0 amide bonds. The third kappa shape index (κ3) is 3.99. The van der Waals surface area contributed by atoms with Crippen molar-refractivity contribution in [1.29, 1.82) is 0 Å². The molecule has 1 aliphatic carbocycles. The Hall–Kier alpha value is -3.03. The molecule has 0 bridgehead atoms. The highest BCUT2D eigenvalue weighted by Crippen LogP contribution is 2.48. The van der Waals surface area contributed by atoms with E-state index in [1.54, 1.807) is 20.8 Å². The number of carbonyl (C=O) groups is 2. The number of esters is 1. The molecular formula is C22H25N2O6-. The number of carbonyl (C=O) groups excluding carboxylic acids is 2. The summed E-state index contributed by atoms with van der Waals surface area (Å²) < 4.78 is 5.42. The maximum absolute atomic E-state index is 13.1. The van der Waals surface area contributed by atoms with E-state index in [4.69, 9.17) is 4.74 Å². The summed E-state index contributed by atoms with van der Waals surface area (Å²) in [5, 5.41) is 23.2. The third-order valence-corrected chi connectivity index (χ3v) is 5.45. The molecule has 1 heterocycles. The summed E-state index contributed by atoms with van der Waals surface area (Å²) >= 11 is 0. The van der Waals surface area contributed by atoms with Crippen LogP contribution in [0.25, 0.3) is 0 Å². The second kappa shape index (κ2) is 7.66. The van der Waals surface area contributed by atoms with Crippen LogP contribution in [0, 0.1) is 21.4 Å². The van der Waals surface area contributed by atoms with Crippen molar-refractivity contribution in [1.82, 2.24) is 0 Å². The van der Waals surface area contributed by atoms with Crippen LogP contribution in [0.3, 0.4) is 0 Å². The van der Waals surface area contributed by atoms with Gasteiger partial charge in [0.25, 0.3) is 5.69 Å². The summed E-state index contributed by atoms with van der Waals surface area (Å²) in [5.74, 6) is -3.09. The van der Waals surface area contributed by atoms with E-state index in [1.807, 2.05) is 13.8 Å². The van der Waals surface area contributed by atoms with Gasteiger partial charge in [-0.15, -0.1) is 0 Å². The Labute approximate surface area is 174 Å². The maximum Gasteiger partial charge on any atom is 0.315 e. The number of allylic oxidation sites excluding steroid dienone is 2. The molecule has 8 nitrogen and oxygen atoms in total. The molecule has 2 aliphatic rings. The number of ether oxygens (including phenoxy) is 1. The molecule has 8 heteroatoms. The highest BCUT2D eigenvalue weighted by atomic mass is 16.6. The first kappa shape index (κ1) is 21.7. The molecule has 0 saturated carbocycles. The number of nitrogens with zero attached hydrogens (tertiary/aromatic N) is 2. The average molecular weight is 413 g/mol. The summed E-state index contributed by atoms with van der Waals surface area (Å²) in [4.78, 5) is 41.3. The van der Waals surface area contributed by atoms with Crippen LogP contribution in [0.2, 0.25) is 0 Å². The minimum Gasteiger partial charge on any atom is -0.868 e. The highest BCUT2D eigenvalue weighted by Gasteiger charge is 2.46.